The fourth-order valence-corrected chi connectivity index (χ4v) is 4.45. The van der Waals surface area contributed by atoms with Crippen LogP contribution < -0.4 is 10.1 Å². The van der Waals surface area contributed by atoms with Gasteiger partial charge in [0, 0.05) is 5.69 Å². The van der Waals surface area contributed by atoms with Crippen LogP contribution in [0.5, 0.6) is 5.75 Å². The molecule has 0 unspecified atom stereocenters. The Bertz CT molecular complexity index is 910. The number of carbonyl (C=O) groups is 3. The summed E-state index contributed by atoms with van der Waals surface area (Å²) in [5, 5.41) is 2.74. The van der Waals surface area contributed by atoms with Gasteiger partial charge in [0.2, 0.25) is 17.7 Å². The minimum absolute atomic E-state index is 0.212. The number of hydrogen-bond acceptors (Lipinski definition) is 4. The Kier molecular flexibility index (Phi) is 5.34. The van der Waals surface area contributed by atoms with E-state index in [1.807, 2.05) is 18.2 Å². The zero-order chi connectivity index (χ0) is 20.4. The van der Waals surface area contributed by atoms with Gasteiger partial charge in [0.1, 0.15) is 12.3 Å². The Balaban J connectivity index is 1.41. The number of rotatable bonds is 5. The van der Waals surface area contributed by atoms with Gasteiger partial charge in [-0.15, -0.1) is 0 Å². The molecule has 6 heteroatoms. The van der Waals surface area contributed by atoms with Crippen molar-refractivity contribution in [2.75, 3.05) is 19.0 Å². The second-order valence-electron chi connectivity index (χ2n) is 7.67. The lowest BCUT2D eigenvalue weighted by molar-refractivity contribution is -0.142. The monoisotopic (exact) mass is 392 g/mol. The number of nitrogens with one attached hydrogen (secondary N) is 1. The molecule has 2 aromatic carbocycles. The number of anilines is 1. The Hall–Kier alpha value is -3.15. The number of amides is 3. The summed E-state index contributed by atoms with van der Waals surface area (Å²) in [6, 6.07) is 17.0. The average molecular weight is 392 g/mol. The summed E-state index contributed by atoms with van der Waals surface area (Å²) in [6.45, 7) is -0.243. The van der Waals surface area contributed by atoms with Crippen molar-refractivity contribution in [1.82, 2.24) is 4.90 Å². The number of benzene rings is 2. The first-order valence-corrected chi connectivity index (χ1v) is 9.91. The van der Waals surface area contributed by atoms with Gasteiger partial charge in [-0.25, -0.2) is 0 Å². The maximum absolute atomic E-state index is 12.9. The van der Waals surface area contributed by atoms with Gasteiger partial charge in [-0.2, -0.15) is 0 Å². The molecule has 1 N–H and O–H groups in total. The van der Waals surface area contributed by atoms with Gasteiger partial charge in [0.05, 0.1) is 18.9 Å². The summed E-state index contributed by atoms with van der Waals surface area (Å²) in [6.07, 6.45) is 2.23. The molecule has 1 aliphatic heterocycles. The van der Waals surface area contributed by atoms with Gasteiger partial charge >= 0.3 is 0 Å². The normalized spacial score (nSPS) is 23.6. The third kappa shape index (κ3) is 3.88. The Morgan fingerprint density at radius 1 is 1.00 bits per heavy atom. The minimum atomic E-state index is -0.380. The lowest BCUT2D eigenvalue weighted by Gasteiger charge is -2.28. The molecule has 29 heavy (non-hydrogen) atoms. The summed E-state index contributed by atoms with van der Waals surface area (Å²) in [7, 11) is 1.57. The summed E-state index contributed by atoms with van der Waals surface area (Å²) >= 11 is 0. The molecular weight excluding hydrogens is 368 g/mol. The van der Waals surface area contributed by atoms with Crippen molar-refractivity contribution in [2.45, 2.75) is 25.2 Å². The molecule has 1 saturated carbocycles. The largest absolute Gasteiger partial charge is 0.497 e. The van der Waals surface area contributed by atoms with Crippen molar-refractivity contribution in [3.8, 4) is 5.75 Å². The van der Waals surface area contributed by atoms with E-state index in [4.69, 9.17) is 4.74 Å². The highest BCUT2D eigenvalue weighted by molar-refractivity contribution is 6.08. The van der Waals surface area contributed by atoms with E-state index in [2.05, 4.69) is 17.4 Å². The van der Waals surface area contributed by atoms with E-state index in [-0.39, 0.29) is 42.0 Å². The number of likely N-dealkylation sites (tertiary alicyclic amines) is 1. The molecule has 2 aromatic rings. The van der Waals surface area contributed by atoms with Crippen molar-refractivity contribution >= 4 is 23.4 Å². The van der Waals surface area contributed by atoms with E-state index < -0.39 is 0 Å². The first-order valence-electron chi connectivity index (χ1n) is 9.91. The molecule has 2 fully saturated rings. The SMILES string of the molecule is COc1ccc(NC(=O)CN2C(=O)[C@H]3C[C@H](c4ccccc4)CC[C@H]3C2=O)cc1. The Morgan fingerprint density at radius 2 is 1.69 bits per heavy atom. The molecule has 1 aliphatic carbocycles. The molecule has 3 amide bonds. The molecule has 0 spiro atoms. The molecule has 0 bridgehead atoms. The van der Waals surface area contributed by atoms with E-state index >= 15 is 0 Å². The van der Waals surface area contributed by atoms with Crippen LogP contribution in [0.1, 0.15) is 30.7 Å². The third-order valence-electron chi connectivity index (χ3n) is 5.96. The summed E-state index contributed by atoms with van der Waals surface area (Å²) in [4.78, 5) is 39.2. The highest BCUT2D eigenvalue weighted by Gasteiger charge is 2.50. The highest BCUT2D eigenvalue weighted by Crippen LogP contribution is 2.44. The summed E-state index contributed by atoms with van der Waals surface area (Å²) in [5.74, 6) is -0.462. The van der Waals surface area contributed by atoms with Crippen LogP contribution in [0, 0.1) is 11.8 Å². The van der Waals surface area contributed by atoms with Crippen molar-refractivity contribution in [2.24, 2.45) is 11.8 Å². The zero-order valence-electron chi connectivity index (χ0n) is 16.3. The predicted octanol–water partition coefficient (Wildman–Crippen LogP) is 3.20. The number of fused-ring (bicyclic) bond motifs is 1. The van der Waals surface area contributed by atoms with E-state index in [9.17, 15) is 14.4 Å². The topological polar surface area (TPSA) is 75.7 Å². The van der Waals surface area contributed by atoms with Gasteiger partial charge in [-0.1, -0.05) is 30.3 Å². The summed E-state index contributed by atoms with van der Waals surface area (Å²) < 4.78 is 5.09. The van der Waals surface area contributed by atoms with Gasteiger partial charge in [-0.3, -0.25) is 19.3 Å². The van der Waals surface area contributed by atoms with Crippen molar-refractivity contribution in [3.05, 3.63) is 60.2 Å². The van der Waals surface area contributed by atoms with Crippen molar-refractivity contribution < 1.29 is 19.1 Å². The van der Waals surface area contributed by atoms with Crippen LogP contribution in [0.15, 0.2) is 54.6 Å². The highest BCUT2D eigenvalue weighted by atomic mass is 16.5. The van der Waals surface area contributed by atoms with E-state index in [1.165, 1.54) is 5.56 Å². The third-order valence-corrected chi connectivity index (χ3v) is 5.96. The number of carbonyl (C=O) groups excluding carboxylic acids is 3. The average Bonchev–Trinajstić information content (AvgIpc) is 2.99. The maximum atomic E-state index is 12.9. The molecule has 6 nitrogen and oxygen atoms in total. The number of methoxy groups -OCH3 is 1. The molecule has 2 aliphatic rings. The van der Waals surface area contributed by atoms with Crippen LogP contribution in [0.3, 0.4) is 0 Å². The first kappa shape index (κ1) is 19.2. The van der Waals surface area contributed by atoms with Gasteiger partial charge in [-0.05, 0) is 55.0 Å². The lowest BCUT2D eigenvalue weighted by atomic mass is 9.73. The molecule has 150 valence electrons. The van der Waals surface area contributed by atoms with E-state index in [0.717, 1.165) is 11.3 Å². The number of imide groups is 1. The second-order valence-corrected chi connectivity index (χ2v) is 7.67. The quantitative estimate of drug-likeness (QED) is 0.793. The van der Waals surface area contributed by atoms with Crippen LogP contribution >= 0.6 is 0 Å². The standard InChI is InChI=1S/C23H24N2O4/c1-29-18-10-8-17(9-11-18)24-21(26)14-25-22(27)19-12-7-16(13-20(19)23(25)28)15-5-3-2-4-6-15/h2-6,8-11,16,19-20H,7,12-14H2,1H3,(H,24,26)/t16-,19-,20+/m1/s1. The van der Waals surface area contributed by atoms with Crippen LogP contribution in [0.4, 0.5) is 5.69 Å². The van der Waals surface area contributed by atoms with Crippen LogP contribution in [-0.2, 0) is 14.4 Å². The van der Waals surface area contributed by atoms with E-state index in [1.54, 1.807) is 31.4 Å². The second kappa shape index (κ2) is 8.07. The van der Waals surface area contributed by atoms with Crippen LogP contribution in [0.25, 0.3) is 0 Å². The molecular formula is C23H24N2O4. The maximum Gasteiger partial charge on any atom is 0.244 e. The zero-order valence-corrected chi connectivity index (χ0v) is 16.3. The molecule has 1 heterocycles. The smallest absolute Gasteiger partial charge is 0.244 e. The predicted molar refractivity (Wildman–Crippen MR) is 108 cm³/mol. The molecule has 4 rings (SSSR count). The van der Waals surface area contributed by atoms with Gasteiger partial charge in [0.25, 0.3) is 0 Å². The van der Waals surface area contributed by atoms with Crippen LogP contribution in [0.2, 0.25) is 0 Å². The lowest BCUT2D eigenvalue weighted by Crippen LogP contribution is -2.38. The first-order chi connectivity index (χ1) is 14.1. The molecule has 0 aromatic heterocycles. The minimum Gasteiger partial charge on any atom is -0.497 e. The molecule has 1 saturated heterocycles. The molecule has 3 atom stereocenters. The fourth-order valence-electron chi connectivity index (χ4n) is 4.45. The van der Waals surface area contributed by atoms with Crippen molar-refractivity contribution in [3.63, 3.8) is 0 Å². The summed E-state index contributed by atoms with van der Waals surface area (Å²) in [5.41, 5.74) is 1.80. The number of ether oxygens (including phenoxy) is 1. The molecule has 0 radical (unpaired) electrons. The van der Waals surface area contributed by atoms with Gasteiger partial charge in [0.15, 0.2) is 0 Å². The Labute approximate surface area is 169 Å². The number of nitrogens with zero attached hydrogens (tertiary/aromatic N) is 1. The van der Waals surface area contributed by atoms with Gasteiger partial charge < -0.3 is 10.1 Å². The fraction of sp³-hybridized carbons (Fsp3) is 0.348. The Morgan fingerprint density at radius 3 is 2.38 bits per heavy atom. The number of hydrogen-bond donors (Lipinski definition) is 1. The van der Waals surface area contributed by atoms with Crippen LogP contribution in [-0.4, -0.2) is 36.3 Å². The van der Waals surface area contributed by atoms with Crippen molar-refractivity contribution in [1.29, 1.82) is 0 Å². The van der Waals surface area contributed by atoms with E-state index in [0.29, 0.717) is 24.3 Å².